The summed E-state index contributed by atoms with van der Waals surface area (Å²) >= 11 is 0. The molecule has 0 N–H and O–H groups in total. The first-order valence-corrected chi connectivity index (χ1v) is 7.69. The minimum Gasteiger partial charge on any atom is -0.207 e. The highest BCUT2D eigenvalue weighted by Crippen LogP contribution is 2.04. The zero-order chi connectivity index (χ0) is 15.1. The fraction of sp³-hybridized carbons (Fsp3) is 0.667. The van der Waals surface area contributed by atoms with Crippen LogP contribution in [0.4, 0.5) is 4.39 Å². The normalized spacial score (nSPS) is 9.26. The van der Waals surface area contributed by atoms with Crippen LogP contribution in [0, 0.1) is 18.7 Å². The molecule has 112 valence electrons. The van der Waals surface area contributed by atoms with Crippen LogP contribution < -0.4 is 0 Å². The zero-order valence-corrected chi connectivity index (χ0v) is 13.8. The highest BCUT2D eigenvalue weighted by molar-refractivity contribution is 5.13. The lowest BCUT2D eigenvalue weighted by atomic mass is 10.1. The van der Waals surface area contributed by atoms with Crippen molar-refractivity contribution in [1.82, 2.24) is 0 Å². The van der Waals surface area contributed by atoms with E-state index >= 15 is 0 Å². The van der Waals surface area contributed by atoms with Gasteiger partial charge in [-0.15, -0.1) is 0 Å². The number of hydrogen-bond acceptors (Lipinski definition) is 0. The summed E-state index contributed by atoms with van der Waals surface area (Å²) in [5.74, 6) is 0.732. The van der Waals surface area contributed by atoms with Crippen molar-refractivity contribution in [2.75, 3.05) is 0 Å². The van der Waals surface area contributed by atoms with E-state index in [9.17, 15) is 4.39 Å². The van der Waals surface area contributed by atoms with Crippen LogP contribution in [-0.2, 0) is 0 Å². The van der Waals surface area contributed by atoms with E-state index in [-0.39, 0.29) is 5.82 Å². The Morgan fingerprint density at radius 2 is 1.37 bits per heavy atom. The molecule has 0 aliphatic heterocycles. The van der Waals surface area contributed by atoms with E-state index in [1.165, 1.54) is 44.2 Å². The Balaban J connectivity index is 0. The summed E-state index contributed by atoms with van der Waals surface area (Å²) in [5, 5.41) is 0. The van der Waals surface area contributed by atoms with Crippen LogP contribution in [0.25, 0.3) is 0 Å². The van der Waals surface area contributed by atoms with E-state index in [0.717, 1.165) is 11.5 Å². The van der Waals surface area contributed by atoms with Gasteiger partial charge in [-0.2, -0.15) is 0 Å². The highest BCUT2D eigenvalue weighted by Gasteiger charge is 1.88. The minimum absolute atomic E-state index is 0.171. The van der Waals surface area contributed by atoms with Crippen LogP contribution >= 0.6 is 0 Å². The molecule has 0 nitrogen and oxygen atoms in total. The van der Waals surface area contributed by atoms with Crippen LogP contribution in [0.5, 0.6) is 0 Å². The van der Waals surface area contributed by atoms with Crippen molar-refractivity contribution in [2.45, 2.75) is 73.6 Å². The quantitative estimate of drug-likeness (QED) is 0.565. The Bertz CT molecular complexity index is 239. The standard InChI is InChI=1S/C7H7F.C7H16.C4H10/c1-6-2-4-7(8)5-3-6;1-4-5-6-7(2)3;1-3-4-2/h2-5H,1H3;7H,4-6H2,1-3H3;3-4H2,1-2H3. The Hall–Kier alpha value is -0.850. The second-order valence-corrected chi connectivity index (χ2v) is 5.33. The minimum atomic E-state index is -0.171. The zero-order valence-electron chi connectivity index (χ0n) is 13.8. The average molecular weight is 268 g/mol. The Morgan fingerprint density at radius 3 is 1.58 bits per heavy atom. The lowest BCUT2D eigenvalue weighted by Gasteiger charge is -1.98. The smallest absolute Gasteiger partial charge is 0.123 e. The molecular formula is C18H33F. The van der Waals surface area contributed by atoms with Gasteiger partial charge in [0.15, 0.2) is 0 Å². The van der Waals surface area contributed by atoms with Gasteiger partial charge in [-0.3, -0.25) is 0 Å². The summed E-state index contributed by atoms with van der Waals surface area (Å²) < 4.78 is 12.1. The maximum absolute atomic E-state index is 12.1. The van der Waals surface area contributed by atoms with Crippen LogP contribution in [0.1, 0.15) is 72.3 Å². The predicted octanol–water partition coefficient (Wildman–Crippen LogP) is 6.77. The summed E-state index contributed by atoms with van der Waals surface area (Å²) in [7, 11) is 0. The number of aryl methyl sites for hydroxylation is 1. The molecule has 0 radical (unpaired) electrons. The first kappa shape index (κ1) is 20.5. The molecule has 0 atom stereocenters. The largest absolute Gasteiger partial charge is 0.207 e. The van der Waals surface area contributed by atoms with Gasteiger partial charge in [0, 0.05) is 0 Å². The molecule has 0 heterocycles. The van der Waals surface area contributed by atoms with E-state index in [1.54, 1.807) is 12.1 Å². The van der Waals surface area contributed by atoms with Gasteiger partial charge in [-0.1, -0.05) is 84.4 Å². The topological polar surface area (TPSA) is 0 Å². The Kier molecular flexibility index (Phi) is 16.4. The molecule has 0 amide bonds. The molecule has 0 spiro atoms. The molecule has 0 bridgehead atoms. The van der Waals surface area contributed by atoms with Crippen molar-refractivity contribution >= 4 is 0 Å². The van der Waals surface area contributed by atoms with Crippen molar-refractivity contribution in [1.29, 1.82) is 0 Å². The lowest BCUT2D eigenvalue weighted by molar-refractivity contribution is 0.550. The summed E-state index contributed by atoms with van der Waals surface area (Å²) in [6.07, 6.45) is 6.78. The van der Waals surface area contributed by atoms with E-state index in [2.05, 4.69) is 34.6 Å². The number of unbranched alkanes of at least 4 members (excludes halogenated alkanes) is 2. The fourth-order valence-corrected chi connectivity index (χ4v) is 1.15. The lowest BCUT2D eigenvalue weighted by Crippen LogP contribution is -1.83. The predicted molar refractivity (Wildman–Crippen MR) is 86.1 cm³/mol. The Morgan fingerprint density at radius 1 is 0.895 bits per heavy atom. The summed E-state index contributed by atoms with van der Waals surface area (Å²) in [6, 6.07) is 6.40. The van der Waals surface area contributed by atoms with Gasteiger partial charge in [0.05, 0.1) is 0 Å². The van der Waals surface area contributed by atoms with Gasteiger partial charge in [-0.05, 0) is 25.0 Å². The Labute approximate surface area is 120 Å². The van der Waals surface area contributed by atoms with Crippen molar-refractivity contribution in [3.8, 4) is 0 Å². The van der Waals surface area contributed by atoms with Crippen molar-refractivity contribution < 1.29 is 4.39 Å². The van der Waals surface area contributed by atoms with E-state index < -0.39 is 0 Å². The van der Waals surface area contributed by atoms with Gasteiger partial charge in [0.1, 0.15) is 5.82 Å². The van der Waals surface area contributed by atoms with Crippen molar-refractivity contribution in [3.63, 3.8) is 0 Å². The molecule has 0 saturated heterocycles. The molecular weight excluding hydrogens is 235 g/mol. The molecule has 1 aromatic carbocycles. The molecule has 0 aliphatic rings. The first-order valence-electron chi connectivity index (χ1n) is 7.69. The molecule has 1 rings (SSSR count). The third-order valence-corrected chi connectivity index (χ3v) is 2.65. The second kappa shape index (κ2) is 15.2. The molecule has 0 unspecified atom stereocenters. The third kappa shape index (κ3) is 19.7. The molecule has 0 saturated carbocycles. The maximum atomic E-state index is 12.1. The molecule has 0 aromatic heterocycles. The monoisotopic (exact) mass is 268 g/mol. The van der Waals surface area contributed by atoms with E-state index in [1.807, 2.05) is 6.92 Å². The van der Waals surface area contributed by atoms with Crippen molar-refractivity contribution in [2.24, 2.45) is 5.92 Å². The maximum Gasteiger partial charge on any atom is 0.123 e. The van der Waals surface area contributed by atoms with E-state index in [4.69, 9.17) is 0 Å². The number of halogens is 1. The molecule has 1 heteroatoms. The number of rotatable bonds is 4. The van der Waals surface area contributed by atoms with Crippen LogP contribution in [0.15, 0.2) is 24.3 Å². The van der Waals surface area contributed by atoms with Crippen LogP contribution in [0.3, 0.4) is 0 Å². The second-order valence-electron chi connectivity index (χ2n) is 5.33. The molecule has 0 aliphatic carbocycles. The van der Waals surface area contributed by atoms with Gasteiger partial charge < -0.3 is 0 Å². The van der Waals surface area contributed by atoms with Gasteiger partial charge in [0.2, 0.25) is 0 Å². The van der Waals surface area contributed by atoms with Crippen LogP contribution in [-0.4, -0.2) is 0 Å². The number of benzene rings is 1. The first-order chi connectivity index (χ1) is 8.97. The van der Waals surface area contributed by atoms with Crippen molar-refractivity contribution in [3.05, 3.63) is 35.6 Å². The summed E-state index contributed by atoms with van der Waals surface area (Å²) in [6.45, 7) is 13.1. The summed E-state index contributed by atoms with van der Waals surface area (Å²) in [5.41, 5.74) is 1.09. The molecule has 1 aromatic rings. The van der Waals surface area contributed by atoms with Gasteiger partial charge >= 0.3 is 0 Å². The average Bonchev–Trinajstić information content (AvgIpc) is 2.40. The SMILES string of the molecule is CCCC.CCCCC(C)C.Cc1ccc(F)cc1. The van der Waals surface area contributed by atoms with Gasteiger partial charge in [-0.25, -0.2) is 4.39 Å². The fourth-order valence-electron chi connectivity index (χ4n) is 1.15. The molecule has 19 heavy (non-hydrogen) atoms. The van der Waals surface area contributed by atoms with E-state index in [0.29, 0.717) is 0 Å². The summed E-state index contributed by atoms with van der Waals surface area (Å²) in [4.78, 5) is 0. The van der Waals surface area contributed by atoms with Crippen LogP contribution in [0.2, 0.25) is 0 Å². The third-order valence-electron chi connectivity index (χ3n) is 2.65. The van der Waals surface area contributed by atoms with Gasteiger partial charge in [0.25, 0.3) is 0 Å². The highest BCUT2D eigenvalue weighted by atomic mass is 19.1. The number of hydrogen-bond donors (Lipinski definition) is 0. The molecule has 0 fully saturated rings.